The molecule has 2 heterocycles. The quantitative estimate of drug-likeness (QED) is 0.799. The van der Waals surface area contributed by atoms with Crippen LogP contribution in [-0.2, 0) is 21.9 Å². The van der Waals surface area contributed by atoms with E-state index in [1.807, 2.05) is 13.8 Å². The summed E-state index contributed by atoms with van der Waals surface area (Å²) >= 11 is 0. The number of amides is 1. The van der Waals surface area contributed by atoms with Gasteiger partial charge in [-0.25, -0.2) is 8.42 Å². The molecule has 1 amide bonds. The van der Waals surface area contributed by atoms with Crippen molar-refractivity contribution in [3.8, 4) is 0 Å². The molecule has 0 saturated carbocycles. The van der Waals surface area contributed by atoms with Crippen molar-refractivity contribution in [3.05, 3.63) is 11.4 Å². The number of carbonyl (C=O) groups excluding carboxylic acids is 1. The summed E-state index contributed by atoms with van der Waals surface area (Å²) < 4.78 is 29.2. The first kappa shape index (κ1) is 18.9. The average molecular weight is 357 g/mol. The van der Waals surface area contributed by atoms with Gasteiger partial charge in [0.2, 0.25) is 15.9 Å². The van der Waals surface area contributed by atoms with Gasteiger partial charge in [0.15, 0.2) is 0 Å². The van der Waals surface area contributed by atoms with Gasteiger partial charge in [0.1, 0.15) is 10.9 Å². The molecule has 1 aliphatic rings. The van der Waals surface area contributed by atoms with Crippen molar-refractivity contribution < 1.29 is 13.2 Å². The number of likely N-dealkylation sites (N-methyl/N-ethyl adjacent to an activating group) is 1. The van der Waals surface area contributed by atoms with Gasteiger partial charge < -0.3 is 10.6 Å². The Morgan fingerprint density at radius 3 is 2.38 bits per heavy atom. The number of carbonyl (C=O) groups is 1. The lowest BCUT2D eigenvalue weighted by Gasteiger charge is -2.28. The minimum absolute atomic E-state index is 0.147. The molecule has 136 valence electrons. The Labute approximate surface area is 143 Å². The fraction of sp³-hybridized carbons (Fsp3) is 0.733. The van der Waals surface area contributed by atoms with Crippen LogP contribution in [0.15, 0.2) is 4.90 Å². The molecule has 1 aliphatic heterocycles. The first-order valence-electron chi connectivity index (χ1n) is 8.21. The third kappa shape index (κ3) is 3.07. The summed E-state index contributed by atoms with van der Waals surface area (Å²) in [7, 11) is -2.13. The van der Waals surface area contributed by atoms with Crippen LogP contribution in [0, 0.1) is 13.8 Å². The van der Waals surface area contributed by atoms with Gasteiger partial charge >= 0.3 is 0 Å². The molecule has 0 spiro atoms. The lowest BCUT2D eigenvalue weighted by atomic mass is 10.1. The normalized spacial score (nSPS) is 22.1. The minimum Gasteiger partial charge on any atom is -0.342 e. The molecule has 1 aromatic rings. The summed E-state index contributed by atoms with van der Waals surface area (Å²) in [6.45, 7) is 8.36. The maximum Gasteiger partial charge on any atom is 0.247 e. The van der Waals surface area contributed by atoms with E-state index >= 15 is 0 Å². The SMILES string of the molecule is CCN(CC)C(=O)[C@@H]1C[C@@H](N)CN1S(=O)(=O)c1c(C)nn(C)c1C. The van der Waals surface area contributed by atoms with Crippen LogP contribution < -0.4 is 5.73 Å². The van der Waals surface area contributed by atoms with Gasteiger partial charge in [-0.3, -0.25) is 9.48 Å². The predicted octanol–water partition coefficient (Wildman–Crippen LogP) is -0.00436. The van der Waals surface area contributed by atoms with Crippen LogP contribution in [-0.4, -0.2) is 65.0 Å². The summed E-state index contributed by atoms with van der Waals surface area (Å²) in [6.07, 6.45) is 0.340. The first-order chi connectivity index (χ1) is 11.1. The molecule has 0 aliphatic carbocycles. The second-order valence-corrected chi connectivity index (χ2v) is 8.05. The van der Waals surface area contributed by atoms with Gasteiger partial charge in [-0.05, 0) is 34.1 Å². The number of hydrogen-bond acceptors (Lipinski definition) is 5. The summed E-state index contributed by atoms with van der Waals surface area (Å²) in [5, 5.41) is 4.19. The van der Waals surface area contributed by atoms with Gasteiger partial charge in [0.05, 0.1) is 11.4 Å². The Balaban J connectivity index is 2.46. The third-order valence-corrected chi connectivity index (χ3v) is 6.79. The predicted molar refractivity (Wildman–Crippen MR) is 90.9 cm³/mol. The number of rotatable bonds is 5. The van der Waals surface area contributed by atoms with E-state index in [0.717, 1.165) is 0 Å². The number of sulfonamides is 1. The van der Waals surface area contributed by atoms with E-state index < -0.39 is 16.1 Å². The maximum atomic E-state index is 13.2. The Morgan fingerprint density at radius 2 is 1.92 bits per heavy atom. The van der Waals surface area contributed by atoms with Crippen molar-refractivity contribution in [1.82, 2.24) is 19.0 Å². The summed E-state index contributed by atoms with van der Waals surface area (Å²) in [6, 6.07) is -1.09. The maximum absolute atomic E-state index is 13.2. The Hall–Kier alpha value is -1.45. The number of aromatic nitrogens is 2. The molecule has 0 radical (unpaired) electrons. The number of nitrogens with two attached hydrogens (primary N) is 1. The van der Waals surface area contributed by atoms with Gasteiger partial charge in [-0.15, -0.1) is 0 Å². The first-order valence-corrected chi connectivity index (χ1v) is 9.65. The fourth-order valence-corrected chi connectivity index (χ4v) is 5.37. The van der Waals surface area contributed by atoms with E-state index in [0.29, 0.717) is 30.9 Å². The van der Waals surface area contributed by atoms with Crippen LogP contribution in [0.25, 0.3) is 0 Å². The highest BCUT2D eigenvalue weighted by Gasteiger charge is 2.45. The van der Waals surface area contributed by atoms with E-state index in [1.165, 1.54) is 4.31 Å². The van der Waals surface area contributed by atoms with Crippen molar-refractivity contribution >= 4 is 15.9 Å². The molecule has 2 N–H and O–H groups in total. The minimum atomic E-state index is -3.83. The van der Waals surface area contributed by atoms with Gasteiger partial charge in [-0.2, -0.15) is 9.40 Å². The highest BCUT2D eigenvalue weighted by molar-refractivity contribution is 7.89. The monoisotopic (exact) mass is 357 g/mol. The molecular weight excluding hydrogens is 330 g/mol. The number of aryl methyl sites for hydroxylation is 2. The topological polar surface area (TPSA) is 102 Å². The highest BCUT2D eigenvalue weighted by Crippen LogP contribution is 2.30. The summed E-state index contributed by atoms with van der Waals surface area (Å²) in [5.74, 6) is -0.185. The molecule has 1 fully saturated rings. The molecule has 2 rings (SSSR count). The van der Waals surface area contributed by atoms with Crippen molar-refractivity contribution in [3.63, 3.8) is 0 Å². The smallest absolute Gasteiger partial charge is 0.247 e. The average Bonchev–Trinajstić information content (AvgIpc) is 3.01. The Bertz CT molecular complexity index is 724. The van der Waals surface area contributed by atoms with Crippen LogP contribution in [0.5, 0.6) is 0 Å². The van der Waals surface area contributed by atoms with E-state index in [1.54, 1.807) is 30.5 Å². The van der Waals surface area contributed by atoms with Crippen molar-refractivity contribution in [1.29, 1.82) is 0 Å². The highest BCUT2D eigenvalue weighted by atomic mass is 32.2. The molecule has 24 heavy (non-hydrogen) atoms. The Morgan fingerprint density at radius 1 is 1.33 bits per heavy atom. The molecule has 0 unspecified atom stereocenters. The zero-order valence-electron chi connectivity index (χ0n) is 15.0. The van der Waals surface area contributed by atoms with Crippen LogP contribution in [0.3, 0.4) is 0 Å². The van der Waals surface area contributed by atoms with E-state index in [-0.39, 0.29) is 23.4 Å². The molecule has 0 bridgehead atoms. The molecule has 1 aromatic heterocycles. The zero-order chi connectivity index (χ0) is 18.2. The van der Waals surface area contributed by atoms with Gasteiger partial charge in [-0.1, -0.05) is 0 Å². The van der Waals surface area contributed by atoms with Gasteiger partial charge in [0, 0.05) is 32.7 Å². The van der Waals surface area contributed by atoms with Crippen LogP contribution >= 0.6 is 0 Å². The largest absolute Gasteiger partial charge is 0.342 e. The van der Waals surface area contributed by atoms with Crippen molar-refractivity contribution in [2.45, 2.75) is 51.1 Å². The van der Waals surface area contributed by atoms with Crippen molar-refractivity contribution in [2.75, 3.05) is 19.6 Å². The van der Waals surface area contributed by atoms with E-state index in [9.17, 15) is 13.2 Å². The second-order valence-electron chi connectivity index (χ2n) is 6.22. The fourth-order valence-electron chi connectivity index (χ4n) is 3.32. The van der Waals surface area contributed by atoms with Crippen LogP contribution in [0.1, 0.15) is 31.7 Å². The molecular formula is C15H27N5O3S. The Kier molecular flexibility index (Phi) is 5.36. The molecule has 2 atom stereocenters. The summed E-state index contributed by atoms with van der Waals surface area (Å²) in [5.41, 5.74) is 6.99. The molecule has 1 saturated heterocycles. The lowest BCUT2D eigenvalue weighted by molar-refractivity contribution is -0.134. The standard InChI is InChI=1S/C15H27N5O3S/c1-6-19(7-2)15(21)13-8-12(16)9-20(13)24(22,23)14-10(3)17-18(5)11(14)4/h12-13H,6-9,16H2,1-5H3/t12-,13+/m1/s1. The van der Waals surface area contributed by atoms with Crippen LogP contribution in [0.4, 0.5) is 0 Å². The number of nitrogens with zero attached hydrogens (tertiary/aromatic N) is 4. The summed E-state index contributed by atoms with van der Waals surface area (Å²) in [4.78, 5) is 14.6. The second kappa shape index (κ2) is 6.81. The zero-order valence-corrected chi connectivity index (χ0v) is 15.8. The molecule has 9 heteroatoms. The van der Waals surface area contributed by atoms with Gasteiger partial charge in [0.25, 0.3) is 0 Å². The van der Waals surface area contributed by atoms with E-state index in [4.69, 9.17) is 5.73 Å². The third-order valence-electron chi connectivity index (χ3n) is 4.66. The van der Waals surface area contributed by atoms with Crippen molar-refractivity contribution in [2.24, 2.45) is 12.8 Å². The molecule has 0 aromatic carbocycles. The lowest BCUT2D eigenvalue weighted by Crippen LogP contribution is -2.47. The number of hydrogen-bond donors (Lipinski definition) is 1. The van der Waals surface area contributed by atoms with Crippen LogP contribution in [0.2, 0.25) is 0 Å². The molecule has 8 nitrogen and oxygen atoms in total. The van der Waals surface area contributed by atoms with E-state index in [2.05, 4.69) is 5.10 Å².